The fraction of sp³-hybridized carbons (Fsp3) is 0.167. The van der Waals surface area contributed by atoms with Gasteiger partial charge in [0, 0.05) is 6.07 Å². The molecule has 0 atom stereocenters. The molecule has 0 aliphatic heterocycles. The molecule has 0 aliphatic rings. The quantitative estimate of drug-likeness (QED) is 0.684. The van der Waals surface area contributed by atoms with E-state index in [1.165, 1.54) is 0 Å². The van der Waals surface area contributed by atoms with Crippen molar-refractivity contribution in [1.29, 1.82) is 0 Å². The first-order valence-corrected chi connectivity index (χ1v) is 2.95. The number of nitrogens with zero attached hydrogens (tertiary/aromatic N) is 1. The molecule has 1 aromatic rings. The van der Waals surface area contributed by atoms with Crippen LogP contribution in [-0.2, 0) is 0 Å². The molecule has 0 amide bonds. The van der Waals surface area contributed by atoms with Gasteiger partial charge in [-0.3, -0.25) is 0 Å². The van der Waals surface area contributed by atoms with Gasteiger partial charge >= 0.3 is 0 Å². The summed E-state index contributed by atoms with van der Waals surface area (Å²) < 4.78 is 36.3. The van der Waals surface area contributed by atoms with E-state index in [4.69, 9.17) is 10.8 Å². The van der Waals surface area contributed by atoms with Crippen molar-refractivity contribution in [2.24, 2.45) is 0 Å². The highest BCUT2D eigenvalue weighted by atomic mass is 19.3. The van der Waals surface area contributed by atoms with E-state index in [-0.39, 0.29) is 0 Å². The largest absolute Gasteiger partial charge is 0.502 e. The number of alkyl halides is 2. The third-order valence-electron chi connectivity index (χ3n) is 1.22. The van der Waals surface area contributed by atoms with E-state index in [1.807, 2.05) is 0 Å². The zero-order chi connectivity index (χ0) is 9.30. The highest BCUT2D eigenvalue weighted by Gasteiger charge is 2.15. The number of nitrogen functional groups attached to an aromatic ring is 1. The lowest BCUT2D eigenvalue weighted by Gasteiger charge is -2.02. The van der Waals surface area contributed by atoms with Crippen LogP contribution in [0.3, 0.4) is 0 Å². The molecule has 0 radical (unpaired) electrons. The number of pyridine rings is 1. The summed E-state index contributed by atoms with van der Waals surface area (Å²) >= 11 is 0. The van der Waals surface area contributed by atoms with Crippen molar-refractivity contribution in [3.63, 3.8) is 0 Å². The normalized spacial score (nSPS) is 10.7. The van der Waals surface area contributed by atoms with Crippen LogP contribution in [0.5, 0.6) is 5.75 Å². The first kappa shape index (κ1) is 8.63. The Labute approximate surface area is 65.6 Å². The van der Waals surface area contributed by atoms with Crippen LogP contribution in [0.1, 0.15) is 12.1 Å². The van der Waals surface area contributed by atoms with E-state index in [1.54, 1.807) is 0 Å². The maximum Gasteiger partial charge on any atom is 0.280 e. The number of aromatic hydroxyl groups is 1. The van der Waals surface area contributed by atoms with Crippen LogP contribution >= 0.6 is 0 Å². The lowest BCUT2D eigenvalue weighted by Crippen LogP contribution is -1.98. The minimum Gasteiger partial charge on any atom is -0.502 e. The van der Waals surface area contributed by atoms with E-state index >= 15 is 0 Å². The van der Waals surface area contributed by atoms with Gasteiger partial charge in [-0.15, -0.1) is 0 Å². The summed E-state index contributed by atoms with van der Waals surface area (Å²) in [7, 11) is 0. The second-order valence-corrected chi connectivity index (χ2v) is 2.06. The van der Waals surface area contributed by atoms with E-state index < -0.39 is 29.5 Å². The van der Waals surface area contributed by atoms with E-state index in [0.717, 1.165) is 0 Å². The Morgan fingerprint density at radius 1 is 1.50 bits per heavy atom. The molecule has 6 heteroatoms. The zero-order valence-corrected chi connectivity index (χ0v) is 5.76. The summed E-state index contributed by atoms with van der Waals surface area (Å²) in [6.45, 7) is 0. The Kier molecular flexibility index (Phi) is 2.07. The van der Waals surface area contributed by atoms with Gasteiger partial charge in [-0.2, -0.15) is 0 Å². The lowest BCUT2D eigenvalue weighted by molar-refractivity contribution is 0.145. The van der Waals surface area contributed by atoms with Crippen LogP contribution in [-0.4, -0.2) is 10.1 Å². The van der Waals surface area contributed by atoms with Gasteiger partial charge in [-0.1, -0.05) is 0 Å². The Hall–Kier alpha value is -1.46. The molecule has 0 aromatic carbocycles. The molecule has 0 unspecified atom stereocenters. The molecule has 3 nitrogen and oxygen atoms in total. The molecule has 0 saturated carbocycles. The highest BCUT2D eigenvalue weighted by molar-refractivity contribution is 5.46. The van der Waals surface area contributed by atoms with Crippen LogP contribution in [0.4, 0.5) is 19.0 Å². The van der Waals surface area contributed by atoms with Gasteiger partial charge in [0.15, 0.2) is 17.4 Å². The van der Waals surface area contributed by atoms with E-state index in [2.05, 4.69) is 4.98 Å². The Morgan fingerprint density at radius 3 is 2.50 bits per heavy atom. The number of nitrogens with two attached hydrogens (primary N) is 1. The number of hydrogen-bond donors (Lipinski definition) is 2. The second kappa shape index (κ2) is 2.88. The lowest BCUT2D eigenvalue weighted by atomic mass is 10.3. The molecule has 0 saturated heterocycles. The number of hydrogen-bond acceptors (Lipinski definition) is 3. The SMILES string of the molecule is Nc1nc(C(F)F)cc(F)c1O. The molecule has 0 spiro atoms. The summed E-state index contributed by atoms with van der Waals surface area (Å²) in [4.78, 5) is 3.07. The minimum absolute atomic E-state index is 0.441. The van der Waals surface area contributed by atoms with Crippen molar-refractivity contribution >= 4 is 5.82 Å². The molecule has 12 heavy (non-hydrogen) atoms. The molecule has 1 rings (SSSR count). The fourth-order valence-corrected chi connectivity index (χ4v) is 0.657. The maximum absolute atomic E-state index is 12.5. The predicted molar refractivity (Wildman–Crippen MR) is 35.2 cm³/mol. The van der Waals surface area contributed by atoms with E-state index in [0.29, 0.717) is 6.07 Å². The summed E-state index contributed by atoms with van der Waals surface area (Å²) in [6.07, 6.45) is -2.90. The molecule has 0 bridgehead atoms. The van der Waals surface area contributed by atoms with Gasteiger partial charge in [0.2, 0.25) is 0 Å². The topological polar surface area (TPSA) is 59.1 Å². The highest BCUT2D eigenvalue weighted by Crippen LogP contribution is 2.26. The van der Waals surface area contributed by atoms with Crippen LogP contribution in [0.15, 0.2) is 6.07 Å². The van der Waals surface area contributed by atoms with Crippen LogP contribution in [0.2, 0.25) is 0 Å². The summed E-state index contributed by atoms with van der Waals surface area (Å²) in [5.74, 6) is -2.73. The van der Waals surface area contributed by atoms with Crippen molar-refractivity contribution in [3.05, 3.63) is 17.6 Å². The maximum atomic E-state index is 12.5. The standard InChI is InChI=1S/C6H5F3N2O/c7-2-1-3(5(8)9)11-6(10)4(2)12/h1,5,12H,(H2,10,11). The van der Waals surface area contributed by atoms with Gasteiger partial charge in [-0.25, -0.2) is 18.2 Å². The van der Waals surface area contributed by atoms with Crippen molar-refractivity contribution in [1.82, 2.24) is 4.98 Å². The fourth-order valence-electron chi connectivity index (χ4n) is 0.657. The summed E-state index contributed by atoms with van der Waals surface area (Å²) in [6, 6.07) is 0.441. The first-order chi connectivity index (χ1) is 5.52. The molecule has 0 aliphatic carbocycles. The minimum atomic E-state index is -2.90. The Balaban J connectivity index is 3.21. The van der Waals surface area contributed by atoms with Crippen LogP contribution in [0, 0.1) is 5.82 Å². The van der Waals surface area contributed by atoms with E-state index in [9.17, 15) is 13.2 Å². The third-order valence-corrected chi connectivity index (χ3v) is 1.22. The van der Waals surface area contributed by atoms with Gasteiger partial charge in [-0.05, 0) is 0 Å². The zero-order valence-electron chi connectivity index (χ0n) is 5.76. The molecule has 0 fully saturated rings. The number of anilines is 1. The summed E-state index contributed by atoms with van der Waals surface area (Å²) in [5, 5.41) is 8.71. The van der Waals surface area contributed by atoms with Crippen LogP contribution in [0.25, 0.3) is 0 Å². The molecular weight excluding hydrogens is 173 g/mol. The average Bonchev–Trinajstić information content (AvgIpc) is 1.99. The Bertz CT molecular complexity index is 280. The predicted octanol–water partition coefficient (Wildman–Crippen LogP) is 1.45. The third kappa shape index (κ3) is 1.41. The van der Waals surface area contributed by atoms with Gasteiger partial charge in [0.25, 0.3) is 6.43 Å². The number of halogens is 3. The van der Waals surface area contributed by atoms with Crippen molar-refractivity contribution in [2.75, 3.05) is 5.73 Å². The molecule has 1 aromatic heterocycles. The van der Waals surface area contributed by atoms with Crippen molar-refractivity contribution in [2.45, 2.75) is 6.43 Å². The molecule has 3 N–H and O–H groups in total. The van der Waals surface area contributed by atoms with Crippen molar-refractivity contribution in [3.8, 4) is 5.75 Å². The van der Waals surface area contributed by atoms with Gasteiger partial charge in [0.05, 0.1) is 0 Å². The van der Waals surface area contributed by atoms with Crippen molar-refractivity contribution < 1.29 is 18.3 Å². The smallest absolute Gasteiger partial charge is 0.280 e. The molecular formula is C6H5F3N2O. The summed E-state index contributed by atoms with van der Waals surface area (Å²) in [5.41, 5.74) is 4.14. The average molecular weight is 178 g/mol. The second-order valence-electron chi connectivity index (χ2n) is 2.06. The van der Waals surface area contributed by atoms with Gasteiger partial charge < -0.3 is 10.8 Å². The first-order valence-electron chi connectivity index (χ1n) is 2.95. The van der Waals surface area contributed by atoms with Crippen LogP contribution < -0.4 is 5.73 Å². The molecule has 66 valence electrons. The van der Waals surface area contributed by atoms with Gasteiger partial charge in [0.1, 0.15) is 5.69 Å². The monoisotopic (exact) mass is 178 g/mol. The Morgan fingerprint density at radius 2 is 2.08 bits per heavy atom. The number of rotatable bonds is 1. The number of aromatic nitrogens is 1. The molecule has 1 heterocycles.